The van der Waals surface area contributed by atoms with Crippen molar-refractivity contribution in [2.24, 2.45) is 0 Å². The summed E-state index contributed by atoms with van der Waals surface area (Å²) in [5, 5.41) is 16.8. The van der Waals surface area contributed by atoms with Crippen LogP contribution in [0.3, 0.4) is 0 Å². The topological polar surface area (TPSA) is 97.5 Å². The molecular weight excluding hydrogens is 382 g/mol. The van der Waals surface area contributed by atoms with E-state index in [0.29, 0.717) is 30.4 Å². The largest absolute Gasteiger partial charge is 0.506 e. The van der Waals surface area contributed by atoms with Crippen molar-refractivity contribution in [3.8, 4) is 22.9 Å². The first-order chi connectivity index (χ1) is 14.3. The number of aromatic nitrogens is 2. The highest BCUT2D eigenvalue weighted by Gasteiger charge is 2.17. The number of carbonyl (C=O) groups is 1. The highest BCUT2D eigenvalue weighted by atomic mass is 16.5. The molecule has 3 rings (SSSR count). The molecule has 7 heteroatoms. The second kappa shape index (κ2) is 8.98. The number of aromatic hydroxyl groups is 1. The maximum atomic E-state index is 12.3. The number of carbonyl (C=O) groups excluding carboxylic acids is 1. The normalized spacial score (nSPS) is 11.3. The SMILES string of the molecule is CCOc1ccc(-c2noc(CCC(=O)Nc3cc(C(C)(C)C)ccc3O)n2)cc1. The van der Waals surface area contributed by atoms with E-state index < -0.39 is 0 Å². The van der Waals surface area contributed by atoms with Crippen LogP contribution in [0.25, 0.3) is 11.4 Å². The summed E-state index contributed by atoms with van der Waals surface area (Å²) in [5.74, 6) is 1.41. The van der Waals surface area contributed by atoms with Crippen LogP contribution >= 0.6 is 0 Å². The van der Waals surface area contributed by atoms with E-state index in [2.05, 4.69) is 36.2 Å². The Morgan fingerprint density at radius 2 is 1.90 bits per heavy atom. The highest BCUT2D eigenvalue weighted by Crippen LogP contribution is 2.30. The van der Waals surface area contributed by atoms with Crippen LogP contribution in [0.1, 0.15) is 45.6 Å². The Bertz CT molecular complexity index is 1000. The van der Waals surface area contributed by atoms with E-state index in [1.54, 1.807) is 12.1 Å². The van der Waals surface area contributed by atoms with Crippen LogP contribution in [0.15, 0.2) is 47.0 Å². The molecule has 1 aromatic heterocycles. The van der Waals surface area contributed by atoms with Crippen molar-refractivity contribution < 1.29 is 19.2 Å². The standard InChI is InChI=1S/C23H27N3O4/c1-5-29-17-9-6-15(7-10-17)22-25-21(30-26-22)13-12-20(28)24-18-14-16(23(2,3)4)8-11-19(18)27/h6-11,14,27H,5,12-13H2,1-4H3,(H,24,28). The van der Waals surface area contributed by atoms with E-state index in [0.717, 1.165) is 16.9 Å². The van der Waals surface area contributed by atoms with Gasteiger partial charge in [0, 0.05) is 18.4 Å². The summed E-state index contributed by atoms with van der Waals surface area (Å²) in [6.45, 7) is 8.75. The molecule has 2 aromatic carbocycles. The number of phenolic OH excluding ortho intramolecular Hbond substituents is 1. The molecule has 0 atom stereocenters. The molecule has 0 aliphatic heterocycles. The fourth-order valence-corrected chi connectivity index (χ4v) is 2.88. The Hall–Kier alpha value is -3.35. The first-order valence-corrected chi connectivity index (χ1v) is 9.95. The van der Waals surface area contributed by atoms with Gasteiger partial charge in [-0.2, -0.15) is 4.98 Å². The predicted octanol–water partition coefficient (Wildman–Crippen LogP) is 4.71. The third kappa shape index (κ3) is 5.37. The van der Waals surface area contributed by atoms with Crippen LogP contribution in [-0.2, 0) is 16.6 Å². The zero-order valence-corrected chi connectivity index (χ0v) is 17.7. The molecule has 2 N–H and O–H groups in total. The van der Waals surface area contributed by atoms with Crippen molar-refractivity contribution in [1.82, 2.24) is 10.1 Å². The van der Waals surface area contributed by atoms with Crippen molar-refractivity contribution in [1.29, 1.82) is 0 Å². The van der Waals surface area contributed by atoms with Crippen molar-refractivity contribution in [2.45, 2.75) is 46.0 Å². The maximum Gasteiger partial charge on any atom is 0.227 e. The van der Waals surface area contributed by atoms with Gasteiger partial charge in [0.1, 0.15) is 11.5 Å². The molecular formula is C23H27N3O4. The highest BCUT2D eigenvalue weighted by molar-refractivity contribution is 5.92. The number of anilines is 1. The number of phenols is 1. The molecule has 0 radical (unpaired) electrons. The predicted molar refractivity (Wildman–Crippen MR) is 115 cm³/mol. The average Bonchev–Trinajstić information content (AvgIpc) is 3.17. The van der Waals surface area contributed by atoms with Gasteiger partial charge in [-0.1, -0.05) is 32.0 Å². The van der Waals surface area contributed by atoms with Crippen LogP contribution in [0.4, 0.5) is 5.69 Å². The van der Waals surface area contributed by atoms with Crippen LogP contribution in [-0.4, -0.2) is 27.8 Å². The molecule has 0 saturated carbocycles. The molecule has 0 unspecified atom stereocenters. The number of hydrogen-bond donors (Lipinski definition) is 2. The van der Waals surface area contributed by atoms with Gasteiger partial charge in [-0.3, -0.25) is 4.79 Å². The summed E-state index contributed by atoms with van der Waals surface area (Å²) in [5.41, 5.74) is 2.14. The van der Waals surface area contributed by atoms with Crippen molar-refractivity contribution in [3.63, 3.8) is 0 Å². The minimum absolute atomic E-state index is 0.0342. The first kappa shape index (κ1) is 21.4. The molecule has 3 aromatic rings. The Balaban J connectivity index is 1.59. The van der Waals surface area contributed by atoms with Crippen molar-refractivity contribution in [2.75, 3.05) is 11.9 Å². The van der Waals surface area contributed by atoms with Gasteiger partial charge in [0.25, 0.3) is 0 Å². The van der Waals surface area contributed by atoms with Gasteiger partial charge >= 0.3 is 0 Å². The molecule has 0 fully saturated rings. The van der Waals surface area contributed by atoms with Crippen LogP contribution in [0, 0.1) is 0 Å². The Kier molecular flexibility index (Phi) is 6.40. The lowest BCUT2D eigenvalue weighted by Crippen LogP contribution is -2.15. The summed E-state index contributed by atoms with van der Waals surface area (Å²) in [6.07, 6.45) is 0.458. The number of nitrogens with one attached hydrogen (secondary N) is 1. The van der Waals surface area contributed by atoms with Gasteiger partial charge in [0.2, 0.25) is 17.6 Å². The van der Waals surface area contributed by atoms with Crippen molar-refractivity contribution >= 4 is 11.6 Å². The zero-order valence-electron chi connectivity index (χ0n) is 17.7. The Labute approximate surface area is 176 Å². The summed E-state index contributed by atoms with van der Waals surface area (Å²) in [7, 11) is 0. The quantitative estimate of drug-likeness (QED) is 0.549. The number of rotatable bonds is 7. The summed E-state index contributed by atoms with van der Waals surface area (Å²) in [6, 6.07) is 12.7. The zero-order chi connectivity index (χ0) is 21.7. The number of amides is 1. The summed E-state index contributed by atoms with van der Waals surface area (Å²) in [4.78, 5) is 16.7. The fraction of sp³-hybridized carbons (Fsp3) is 0.348. The number of hydrogen-bond acceptors (Lipinski definition) is 6. The van der Waals surface area contributed by atoms with E-state index in [1.165, 1.54) is 0 Å². The molecule has 0 aliphatic rings. The fourth-order valence-electron chi connectivity index (χ4n) is 2.88. The van der Waals surface area contributed by atoms with E-state index in [1.807, 2.05) is 37.3 Å². The number of nitrogens with zero attached hydrogens (tertiary/aromatic N) is 2. The van der Waals surface area contributed by atoms with E-state index >= 15 is 0 Å². The first-order valence-electron chi connectivity index (χ1n) is 9.95. The molecule has 1 amide bonds. The minimum Gasteiger partial charge on any atom is -0.506 e. The molecule has 0 spiro atoms. The lowest BCUT2D eigenvalue weighted by molar-refractivity contribution is -0.116. The van der Waals surface area contributed by atoms with E-state index in [-0.39, 0.29) is 23.5 Å². The minimum atomic E-state index is -0.239. The van der Waals surface area contributed by atoms with Gasteiger partial charge in [-0.15, -0.1) is 0 Å². The molecule has 0 aliphatic carbocycles. The van der Waals surface area contributed by atoms with Gasteiger partial charge in [0.05, 0.1) is 12.3 Å². The average molecular weight is 409 g/mol. The molecule has 0 saturated heterocycles. The van der Waals surface area contributed by atoms with Crippen LogP contribution in [0.5, 0.6) is 11.5 Å². The van der Waals surface area contributed by atoms with Gasteiger partial charge in [-0.25, -0.2) is 0 Å². The lowest BCUT2D eigenvalue weighted by Gasteiger charge is -2.20. The second-order valence-electron chi connectivity index (χ2n) is 8.00. The van der Waals surface area contributed by atoms with E-state index in [9.17, 15) is 9.90 Å². The third-order valence-corrected chi connectivity index (χ3v) is 4.59. The van der Waals surface area contributed by atoms with Gasteiger partial charge < -0.3 is 19.7 Å². The van der Waals surface area contributed by atoms with Crippen molar-refractivity contribution in [3.05, 3.63) is 53.9 Å². The maximum absolute atomic E-state index is 12.3. The lowest BCUT2D eigenvalue weighted by atomic mass is 9.87. The molecule has 158 valence electrons. The van der Waals surface area contributed by atoms with Crippen LogP contribution < -0.4 is 10.1 Å². The molecule has 0 bridgehead atoms. The molecule has 1 heterocycles. The third-order valence-electron chi connectivity index (χ3n) is 4.59. The molecule has 30 heavy (non-hydrogen) atoms. The Morgan fingerprint density at radius 3 is 2.57 bits per heavy atom. The second-order valence-corrected chi connectivity index (χ2v) is 8.00. The van der Waals surface area contributed by atoms with Gasteiger partial charge in [0.15, 0.2) is 0 Å². The van der Waals surface area contributed by atoms with Gasteiger partial charge in [-0.05, 0) is 54.3 Å². The number of benzene rings is 2. The summed E-state index contributed by atoms with van der Waals surface area (Å²) < 4.78 is 10.7. The monoisotopic (exact) mass is 409 g/mol. The van der Waals surface area contributed by atoms with Crippen LogP contribution in [0.2, 0.25) is 0 Å². The number of ether oxygens (including phenoxy) is 1. The Morgan fingerprint density at radius 1 is 1.17 bits per heavy atom. The summed E-state index contributed by atoms with van der Waals surface area (Å²) >= 11 is 0. The number of aryl methyl sites for hydroxylation is 1. The smallest absolute Gasteiger partial charge is 0.227 e. The van der Waals surface area contributed by atoms with E-state index in [4.69, 9.17) is 9.26 Å². The molecule has 7 nitrogen and oxygen atoms in total.